The Morgan fingerprint density at radius 2 is 2.43 bits per heavy atom. The molecule has 1 aromatic rings. The number of thiophene rings is 1. The third-order valence-electron chi connectivity index (χ3n) is 1.61. The number of carbonyl (C=O) groups excluding carboxylic acids is 1. The van der Waals surface area contributed by atoms with Crippen LogP contribution < -0.4 is 5.32 Å². The second kappa shape index (κ2) is 5.96. The van der Waals surface area contributed by atoms with Crippen molar-refractivity contribution < 1.29 is 4.79 Å². The molecule has 1 rings (SSSR count). The summed E-state index contributed by atoms with van der Waals surface area (Å²) in [6.07, 6.45) is 2.19. The fourth-order valence-electron chi connectivity index (χ4n) is 1.02. The largest absolute Gasteiger partial charge is 0.307 e. The standard InChI is InChI=1S/C10H12ClNOS/c1-2-5-12-7-8(13)6-9-3-4-10(11)14-9/h2-4,12H,1,5-7H2. The van der Waals surface area contributed by atoms with Crippen LogP contribution in [0.1, 0.15) is 4.88 Å². The first-order valence-corrected chi connectivity index (χ1v) is 5.49. The molecule has 0 atom stereocenters. The normalized spacial score (nSPS) is 10.1. The highest BCUT2D eigenvalue weighted by Gasteiger charge is 2.04. The summed E-state index contributed by atoms with van der Waals surface area (Å²) in [6, 6.07) is 3.70. The third kappa shape index (κ3) is 4.05. The number of carbonyl (C=O) groups is 1. The van der Waals surface area contributed by atoms with E-state index in [1.807, 2.05) is 12.1 Å². The summed E-state index contributed by atoms with van der Waals surface area (Å²) in [5, 5.41) is 2.97. The zero-order valence-electron chi connectivity index (χ0n) is 7.75. The summed E-state index contributed by atoms with van der Waals surface area (Å²) in [5.74, 6) is 0.172. The summed E-state index contributed by atoms with van der Waals surface area (Å²) in [5.41, 5.74) is 0. The SMILES string of the molecule is C=CCNCC(=O)Cc1ccc(Cl)s1. The van der Waals surface area contributed by atoms with Gasteiger partial charge in [0.2, 0.25) is 0 Å². The molecule has 0 aromatic carbocycles. The van der Waals surface area contributed by atoms with E-state index < -0.39 is 0 Å². The molecule has 0 aliphatic rings. The number of Topliss-reactive ketones (excluding diaryl/α,β-unsaturated/α-hetero) is 1. The van der Waals surface area contributed by atoms with E-state index in [-0.39, 0.29) is 5.78 Å². The molecule has 0 amide bonds. The smallest absolute Gasteiger partial charge is 0.151 e. The molecule has 1 N–H and O–H groups in total. The molecule has 1 heterocycles. The van der Waals surface area contributed by atoms with Gasteiger partial charge in [-0.25, -0.2) is 0 Å². The number of halogens is 1. The van der Waals surface area contributed by atoms with Crippen molar-refractivity contribution >= 4 is 28.7 Å². The minimum absolute atomic E-state index is 0.172. The molecule has 0 aliphatic carbocycles. The van der Waals surface area contributed by atoms with Crippen LogP contribution in [-0.4, -0.2) is 18.9 Å². The molecule has 0 bridgehead atoms. The highest BCUT2D eigenvalue weighted by molar-refractivity contribution is 7.16. The van der Waals surface area contributed by atoms with E-state index in [1.54, 1.807) is 6.08 Å². The molecule has 0 saturated heterocycles. The molecule has 14 heavy (non-hydrogen) atoms. The number of nitrogens with one attached hydrogen (secondary N) is 1. The Morgan fingerprint density at radius 3 is 3.00 bits per heavy atom. The lowest BCUT2D eigenvalue weighted by Gasteiger charge is -1.99. The van der Waals surface area contributed by atoms with Crippen LogP contribution >= 0.6 is 22.9 Å². The van der Waals surface area contributed by atoms with Gasteiger partial charge in [0.05, 0.1) is 10.9 Å². The maximum absolute atomic E-state index is 11.4. The molecular weight excluding hydrogens is 218 g/mol. The minimum Gasteiger partial charge on any atom is -0.307 e. The van der Waals surface area contributed by atoms with Crippen molar-refractivity contribution in [2.24, 2.45) is 0 Å². The summed E-state index contributed by atoms with van der Waals surface area (Å²) >= 11 is 7.20. The van der Waals surface area contributed by atoms with E-state index in [0.717, 1.165) is 9.21 Å². The van der Waals surface area contributed by atoms with Gasteiger partial charge in [-0.05, 0) is 12.1 Å². The van der Waals surface area contributed by atoms with Crippen molar-refractivity contribution in [3.05, 3.63) is 34.0 Å². The Labute approximate surface area is 92.6 Å². The van der Waals surface area contributed by atoms with Gasteiger partial charge in [-0.1, -0.05) is 17.7 Å². The molecule has 4 heteroatoms. The molecule has 0 saturated carbocycles. The lowest BCUT2D eigenvalue weighted by Crippen LogP contribution is -2.23. The average molecular weight is 230 g/mol. The zero-order chi connectivity index (χ0) is 10.4. The number of hydrogen-bond acceptors (Lipinski definition) is 3. The number of ketones is 1. The van der Waals surface area contributed by atoms with Gasteiger partial charge < -0.3 is 5.32 Å². The summed E-state index contributed by atoms with van der Waals surface area (Å²) < 4.78 is 0.729. The Balaban J connectivity index is 2.30. The van der Waals surface area contributed by atoms with Crippen molar-refractivity contribution in [1.82, 2.24) is 5.32 Å². The van der Waals surface area contributed by atoms with Gasteiger partial charge in [0, 0.05) is 17.8 Å². The first kappa shape index (κ1) is 11.4. The van der Waals surface area contributed by atoms with Gasteiger partial charge in [-0.15, -0.1) is 17.9 Å². The van der Waals surface area contributed by atoms with Crippen molar-refractivity contribution in [2.75, 3.05) is 13.1 Å². The topological polar surface area (TPSA) is 29.1 Å². The Morgan fingerprint density at radius 1 is 1.64 bits per heavy atom. The first-order chi connectivity index (χ1) is 6.72. The predicted octanol–water partition coefficient (Wildman–Crippen LogP) is 2.29. The monoisotopic (exact) mass is 229 g/mol. The van der Waals surface area contributed by atoms with Gasteiger partial charge in [0.15, 0.2) is 5.78 Å². The molecule has 0 unspecified atom stereocenters. The Hall–Kier alpha value is -0.640. The Bertz CT molecular complexity index is 322. The van der Waals surface area contributed by atoms with Gasteiger partial charge >= 0.3 is 0 Å². The van der Waals surface area contributed by atoms with Gasteiger partial charge in [0.1, 0.15) is 0 Å². The second-order valence-electron chi connectivity index (χ2n) is 2.84. The lowest BCUT2D eigenvalue weighted by molar-refractivity contribution is -0.117. The van der Waals surface area contributed by atoms with E-state index in [1.165, 1.54) is 11.3 Å². The molecule has 1 aromatic heterocycles. The summed E-state index contributed by atoms with van der Waals surface area (Å²) in [6.45, 7) is 4.61. The van der Waals surface area contributed by atoms with E-state index in [0.29, 0.717) is 19.5 Å². The van der Waals surface area contributed by atoms with Gasteiger partial charge in [-0.2, -0.15) is 0 Å². The van der Waals surface area contributed by atoms with Crippen LogP contribution in [0.15, 0.2) is 24.8 Å². The quantitative estimate of drug-likeness (QED) is 0.599. The van der Waals surface area contributed by atoms with Crippen LogP contribution in [0.2, 0.25) is 4.34 Å². The Kier molecular flexibility index (Phi) is 4.87. The van der Waals surface area contributed by atoms with Crippen LogP contribution in [0.4, 0.5) is 0 Å². The third-order valence-corrected chi connectivity index (χ3v) is 2.84. The molecular formula is C10H12ClNOS. The van der Waals surface area contributed by atoms with Crippen LogP contribution in [0.3, 0.4) is 0 Å². The summed E-state index contributed by atoms with van der Waals surface area (Å²) in [4.78, 5) is 12.4. The van der Waals surface area contributed by atoms with E-state index in [4.69, 9.17) is 11.6 Å². The second-order valence-corrected chi connectivity index (χ2v) is 4.64. The van der Waals surface area contributed by atoms with Gasteiger partial charge in [0.25, 0.3) is 0 Å². The maximum atomic E-state index is 11.4. The number of hydrogen-bond donors (Lipinski definition) is 1. The first-order valence-electron chi connectivity index (χ1n) is 4.30. The molecule has 0 fully saturated rings. The molecule has 0 spiro atoms. The van der Waals surface area contributed by atoms with Crippen LogP contribution in [0, 0.1) is 0 Å². The summed E-state index contributed by atoms with van der Waals surface area (Å²) in [7, 11) is 0. The van der Waals surface area contributed by atoms with Crippen LogP contribution in [-0.2, 0) is 11.2 Å². The predicted molar refractivity (Wildman–Crippen MR) is 61.1 cm³/mol. The van der Waals surface area contributed by atoms with Crippen molar-refractivity contribution in [1.29, 1.82) is 0 Å². The van der Waals surface area contributed by atoms with Crippen LogP contribution in [0.5, 0.6) is 0 Å². The zero-order valence-corrected chi connectivity index (χ0v) is 9.33. The lowest BCUT2D eigenvalue weighted by atomic mass is 10.2. The minimum atomic E-state index is 0.172. The fraction of sp³-hybridized carbons (Fsp3) is 0.300. The van der Waals surface area contributed by atoms with Gasteiger partial charge in [-0.3, -0.25) is 4.79 Å². The molecule has 0 radical (unpaired) electrons. The molecule has 76 valence electrons. The highest BCUT2D eigenvalue weighted by atomic mass is 35.5. The molecule has 0 aliphatic heterocycles. The van der Waals surface area contributed by atoms with Crippen LogP contribution in [0.25, 0.3) is 0 Å². The van der Waals surface area contributed by atoms with E-state index >= 15 is 0 Å². The number of rotatable bonds is 6. The fourth-order valence-corrected chi connectivity index (χ4v) is 2.13. The van der Waals surface area contributed by atoms with Crippen molar-refractivity contribution in [3.8, 4) is 0 Å². The maximum Gasteiger partial charge on any atom is 0.151 e. The highest BCUT2D eigenvalue weighted by Crippen LogP contribution is 2.21. The van der Waals surface area contributed by atoms with Crippen molar-refractivity contribution in [3.63, 3.8) is 0 Å². The average Bonchev–Trinajstić information content (AvgIpc) is 2.52. The van der Waals surface area contributed by atoms with E-state index in [9.17, 15) is 4.79 Å². The molecule has 2 nitrogen and oxygen atoms in total. The van der Waals surface area contributed by atoms with Crippen molar-refractivity contribution in [2.45, 2.75) is 6.42 Å². The van der Waals surface area contributed by atoms with E-state index in [2.05, 4.69) is 11.9 Å².